The fourth-order valence-corrected chi connectivity index (χ4v) is 7.61. The average molecular weight is 643 g/mol. The van der Waals surface area contributed by atoms with E-state index in [9.17, 15) is 27.9 Å². The van der Waals surface area contributed by atoms with Gasteiger partial charge >= 0.3 is 16.1 Å². The van der Waals surface area contributed by atoms with E-state index in [1.807, 2.05) is 27.7 Å². The second kappa shape index (κ2) is 10.2. The van der Waals surface area contributed by atoms with Crippen LogP contribution in [0.1, 0.15) is 64.9 Å². The van der Waals surface area contributed by atoms with Crippen molar-refractivity contribution in [1.82, 2.24) is 4.90 Å². The number of carbonyl (C=O) groups is 3. The van der Waals surface area contributed by atoms with Gasteiger partial charge in [0.1, 0.15) is 17.2 Å². The Morgan fingerprint density at radius 2 is 1.46 bits per heavy atom. The van der Waals surface area contributed by atoms with Crippen molar-refractivity contribution in [3.05, 3.63) is 81.1 Å². The quantitative estimate of drug-likeness (QED) is 0.382. The molecule has 0 spiro atoms. The highest BCUT2D eigenvalue weighted by Gasteiger charge is 2.50. The minimum absolute atomic E-state index is 0.00250. The lowest BCUT2D eigenvalue weighted by molar-refractivity contribution is -0.138. The van der Waals surface area contributed by atoms with Crippen LogP contribution in [0.5, 0.6) is 5.75 Å². The molecule has 0 bridgehead atoms. The number of rotatable bonds is 6. The summed E-state index contributed by atoms with van der Waals surface area (Å²) in [5, 5.41) is 9.89. The average Bonchev–Trinajstić information content (AvgIpc) is 2.85. The SMILES string of the molecule is CC1(C)CC(=O)C2=C(C1)N(CC(=O)O)C1=C(C(=O)CC(C)(C)C1)C2c1cc(Br)ccc1OS(=O)(=O)c1ccccc1. The Labute approximate surface area is 248 Å². The molecule has 0 radical (unpaired) electrons. The summed E-state index contributed by atoms with van der Waals surface area (Å²) in [6, 6.07) is 12.6. The molecule has 41 heavy (non-hydrogen) atoms. The minimum Gasteiger partial charge on any atom is -0.480 e. The van der Waals surface area contributed by atoms with E-state index in [0.717, 1.165) is 0 Å². The number of Topliss-reactive ketones (excluding diaryl/α,β-unsaturated/α-hetero) is 2. The van der Waals surface area contributed by atoms with Gasteiger partial charge in [-0.05, 0) is 54.0 Å². The molecule has 0 saturated heterocycles. The van der Waals surface area contributed by atoms with Crippen molar-refractivity contribution in [1.29, 1.82) is 0 Å². The third-order valence-electron chi connectivity index (χ3n) is 7.83. The maximum Gasteiger partial charge on any atom is 0.339 e. The molecule has 10 heteroatoms. The van der Waals surface area contributed by atoms with Crippen LogP contribution in [0, 0.1) is 10.8 Å². The Kier molecular flexibility index (Phi) is 7.31. The van der Waals surface area contributed by atoms with E-state index in [-0.39, 0.29) is 41.6 Å². The van der Waals surface area contributed by atoms with Gasteiger partial charge in [-0.15, -0.1) is 0 Å². The number of carboxylic acid groups (broad SMARTS) is 1. The van der Waals surface area contributed by atoms with E-state index in [1.165, 1.54) is 18.2 Å². The molecule has 8 nitrogen and oxygen atoms in total. The third kappa shape index (κ3) is 5.64. The van der Waals surface area contributed by atoms with Crippen LogP contribution in [0.2, 0.25) is 0 Å². The van der Waals surface area contributed by atoms with Crippen LogP contribution in [-0.2, 0) is 24.5 Å². The smallest absolute Gasteiger partial charge is 0.339 e. The molecule has 1 aliphatic heterocycles. The Hall–Kier alpha value is -3.24. The van der Waals surface area contributed by atoms with E-state index >= 15 is 0 Å². The number of aliphatic carboxylic acids is 1. The Morgan fingerprint density at radius 3 is 1.98 bits per heavy atom. The Balaban J connectivity index is 1.78. The van der Waals surface area contributed by atoms with E-state index in [0.29, 0.717) is 45.4 Å². The van der Waals surface area contributed by atoms with Crippen molar-refractivity contribution in [2.45, 2.75) is 64.2 Å². The first-order valence-corrected chi connectivity index (χ1v) is 15.6. The van der Waals surface area contributed by atoms with Gasteiger partial charge in [0.2, 0.25) is 0 Å². The fourth-order valence-electron chi connectivity index (χ4n) is 6.26. The second-order valence-corrected chi connectivity index (χ2v) is 15.0. The highest BCUT2D eigenvalue weighted by Crippen LogP contribution is 2.55. The number of allylic oxidation sites excluding steroid dienone is 4. The standard InChI is InChI=1S/C31H32BrNO7S/c1-30(2)13-21-28(23(34)15-30)27(29-22(33(21)17-26(36)37)14-31(3,4)16-24(29)35)20-12-18(32)10-11-25(20)40-41(38,39)19-8-6-5-7-9-19/h5-12,27H,13-17H2,1-4H3,(H,36,37). The van der Waals surface area contributed by atoms with E-state index in [1.54, 1.807) is 35.2 Å². The van der Waals surface area contributed by atoms with Gasteiger partial charge in [-0.3, -0.25) is 14.4 Å². The summed E-state index contributed by atoms with van der Waals surface area (Å²) in [7, 11) is -4.24. The summed E-state index contributed by atoms with van der Waals surface area (Å²) in [6.07, 6.45) is 1.27. The van der Waals surface area contributed by atoms with Gasteiger partial charge in [0.05, 0.1) is 0 Å². The van der Waals surface area contributed by atoms with Crippen LogP contribution < -0.4 is 4.18 Å². The number of benzene rings is 2. The zero-order valence-electron chi connectivity index (χ0n) is 23.4. The first-order chi connectivity index (χ1) is 19.1. The van der Waals surface area contributed by atoms with E-state index < -0.39 is 32.8 Å². The lowest BCUT2D eigenvalue weighted by Crippen LogP contribution is -2.45. The highest BCUT2D eigenvalue weighted by molar-refractivity contribution is 9.10. The lowest BCUT2D eigenvalue weighted by atomic mass is 9.63. The number of ketones is 2. The van der Waals surface area contributed by atoms with Crippen LogP contribution in [-0.4, -0.2) is 42.5 Å². The monoisotopic (exact) mass is 641 g/mol. The predicted octanol–water partition coefficient (Wildman–Crippen LogP) is 5.99. The molecular formula is C31H32BrNO7S. The summed E-state index contributed by atoms with van der Waals surface area (Å²) >= 11 is 3.48. The van der Waals surface area contributed by atoms with Crippen LogP contribution in [0.15, 0.2) is 80.4 Å². The maximum absolute atomic E-state index is 13.9. The van der Waals surface area contributed by atoms with Gasteiger partial charge in [-0.2, -0.15) is 8.42 Å². The van der Waals surface area contributed by atoms with Crippen LogP contribution >= 0.6 is 15.9 Å². The summed E-state index contributed by atoms with van der Waals surface area (Å²) < 4.78 is 32.9. The zero-order valence-corrected chi connectivity index (χ0v) is 25.8. The van der Waals surface area contributed by atoms with Crippen molar-refractivity contribution < 1.29 is 32.1 Å². The summed E-state index contributed by atoms with van der Waals surface area (Å²) in [5.41, 5.74) is 1.29. The topological polar surface area (TPSA) is 118 Å². The molecule has 3 aliphatic rings. The highest BCUT2D eigenvalue weighted by atomic mass is 79.9. The van der Waals surface area contributed by atoms with Gasteiger partial charge in [0.15, 0.2) is 11.6 Å². The summed E-state index contributed by atoms with van der Waals surface area (Å²) in [6.45, 7) is 7.46. The molecule has 0 unspecified atom stereocenters. The number of hydrogen-bond donors (Lipinski definition) is 1. The van der Waals surface area contributed by atoms with Crippen LogP contribution in [0.4, 0.5) is 0 Å². The van der Waals surface area contributed by atoms with Gasteiger partial charge < -0.3 is 14.2 Å². The van der Waals surface area contributed by atoms with Gasteiger partial charge in [-0.1, -0.05) is 61.8 Å². The van der Waals surface area contributed by atoms with Crippen molar-refractivity contribution in [3.8, 4) is 5.75 Å². The second-order valence-electron chi connectivity index (χ2n) is 12.5. The predicted molar refractivity (Wildman–Crippen MR) is 156 cm³/mol. The largest absolute Gasteiger partial charge is 0.480 e. The van der Waals surface area contributed by atoms with Crippen molar-refractivity contribution in [2.75, 3.05) is 6.54 Å². The van der Waals surface area contributed by atoms with E-state index in [4.69, 9.17) is 4.18 Å². The molecule has 0 atom stereocenters. The van der Waals surface area contributed by atoms with Crippen molar-refractivity contribution in [3.63, 3.8) is 0 Å². The molecular weight excluding hydrogens is 610 g/mol. The van der Waals surface area contributed by atoms with Gasteiger partial charge in [-0.25, -0.2) is 0 Å². The number of halogens is 1. The van der Waals surface area contributed by atoms with Crippen LogP contribution in [0.3, 0.4) is 0 Å². The number of hydrogen-bond acceptors (Lipinski definition) is 7. The molecule has 0 fully saturated rings. The van der Waals surface area contributed by atoms with Gasteiger partial charge in [0.25, 0.3) is 0 Å². The maximum atomic E-state index is 13.9. The van der Waals surface area contributed by atoms with Crippen molar-refractivity contribution >= 4 is 43.6 Å². The molecule has 216 valence electrons. The zero-order chi connectivity index (χ0) is 29.9. The molecule has 2 aromatic rings. The molecule has 1 heterocycles. The minimum atomic E-state index is -4.24. The molecule has 0 saturated carbocycles. The fraction of sp³-hybridized carbons (Fsp3) is 0.387. The number of carboxylic acids is 1. The molecule has 1 N–H and O–H groups in total. The first kappa shape index (κ1) is 29.3. The molecule has 0 amide bonds. The molecule has 2 aromatic carbocycles. The molecule has 2 aliphatic carbocycles. The lowest BCUT2D eigenvalue weighted by Gasteiger charge is -2.48. The summed E-state index contributed by atoms with van der Waals surface area (Å²) in [4.78, 5) is 41.6. The van der Waals surface area contributed by atoms with Gasteiger partial charge in [0, 0.05) is 51.3 Å². The normalized spacial score (nSPS) is 20.6. The molecule has 0 aromatic heterocycles. The van der Waals surface area contributed by atoms with Crippen molar-refractivity contribution in [2.24, 2.45) is 10.8 Å². The Morgan fingerprint density at radius 1 is 0.927 bits per heavy atom. The van der Waals surface area contributed by atoms with Crippen LogP contribution in [0.25, 0.3) is 0 Å². The number of carbonyl (C=O) groups excluding carboxylic acids is 2. The van der Waals surface area contributed by atoms with E-state index in [2.05, 4.69) is 15.9 Å². The first-order valence-electron chi connectivity index (χ1n) is 13.4. The number of nitrogens with zero attached hydrogens (tertiary/aromatic N) is 1. The summed E-state index contributed by atoms with van der Waals surface area (Å²) in [5.74, 6) is -2.37. The third-order valence-corrected chi connectivity index (χ3v) is 9.57. The Bertz CT molecular complexity index is 1580. The molecule has 5 rings (SSSR count).